The van der Waals surface area contributed by atoms with E-state index in [1.54, 1.807) is 6.07 Å². The van der Waals surface area contributed by atoms with Crippen LogP contribution < -0.4 is 5.32 Å². The molecule has 1 fully saturated rings. The van der Waals surface area contributed by atoms with Gasteiger partial charge in [-0.15, -0.1) is 0 Å². The molecule has 0 saturated carbocycles. The van der Waals surface area contributed by atoms with Crippen LogP contribution in [0, 0.1) is 0 Å². The molecule has 1 aromatic rings. The maximum Gasteiger partial charge on any atom is 0.270 e. The Labute approximate surface area is 110 Å². The van der Waals surface area contributed by atoms with Crippen LogP contribution in [0.15, 0.2) is 18.3 Å². The second-order valence-electron chi connectivity index (χ2n) is 4.52. The lowest BCUT2D eigenvalue weighted by Gasteiger charge is -2.17. The Morgan fingerprint density at radius 2 is 2.44 bits per heavy atom. The first kappa shape index (κ1) is 13.3. The predicted octanol–water partition coefficient (Wildman–Crippen LogP) is 1.62. The molecule has 0 spiro atoms. The van der Waals surface area contributed by atoms with Crippen LogP contribution in [0.2, 0.25) is 5.02 Å². The molecule has 0 aliphatic carbocycles. The summed E-state index contributed by atoms with van der Waals surface area (Å²) >= 11 is 5.79. The predicted molar refractivity (Wildman–Crippen MR) is 66.5 cm³/mol. The molecule has 1 N–H and O–H groups in total. The minimum absolute atomic E-state index is 0.136. The fraction of sp³-hybridized carbons (Fsp3) is 0.500. The van der Waals surface area contributed by atoms with E-state index < -0.39 is 5.79 Å². The van der Waals surface area contributed by atoms with Crippen LogP contribution in [-0.2, 0) is 9.47 Å². The lowest BCUT2D eigenvalue weighted by Crippen LogP contribution is -2.34. The summed E-state index contributed by atoms with van der Waals surface area (Å²) in [5, 5.41) is 3.22. The monoisotopic (exact) mass is 270 g/mol. The number of nitrogens with zero attached hydrogens (tertiary/aromatic N) is 1. The summed E-state index contributed by atoms with van der Waals surface area (Å²) in [6.45, 7) is 4.54. The number of aromatic nitrogens is 1. The maximum absolute atomic E-state index is 11.8. The molecule has 1 unspecified atom stereocenters. The number of ether oxygens (including phenoxy) is 2. The zero-order valence-electron chi connectivity index (χ0n) is 10.3. The van der Waals surface area contributed by atoms with Crippen LogP contribution in [0.25, 0.3) is 0 Å². The SMILES string of the molecule is CC1(C)OCC(CNC(=O)c2cc(Cl)ccn2)O1. The summed E-state index contributed by atoms with van der Waals surface area (Å²) in [6.07, 6.45) is 1.36. The van der Waals surface area contributed by atoms with Crippen molar-refractivity contribution >= 4 is 17.5 Å². The number of rotatable bonds is 3. The molecule has 98 valence electrons. The largest absolute Gasteiger partial charge is 0.348 e. The number of nitrogens with one attached hydrogen (secondary N) is 1. The Kier molecular flexibility index (Phi) is 3.85. The van der Waals surface area contributed by atoms with E-state index in [-0.39, 0.29) is 12.0 Å². The summed E-state index contributed by atoms with van der Waals surface area (Å²) in [6, 6.07) is 3.14. The molecule has 1 aliphatic heterocycles. The summed E-state index contributed by atoms with van der Waals surface area (Å²) in [5.41, 5.74) is 0.292. The van der Waals surface area contributed by atoms with E-state index in [4.69, 9.17) is 21.1 Å². The van der Waals surface area contributed by atoms with Gasteiger partial charge in [0.15, 0.2) is 5.79 Å². The second-order valence-corrected chi connectivity index (χ2v) is 4.96. The Morgan fingerprint density at radius 3 is 3.06 bits per heavy atom. The van der Waals surface area contributed by atoms with Crippen LogP contribution in [0.1, 0.15) is 24.3 Å². The van der Waals surface area contributed by atoms with Crippen molar-refractivity contribution in [2.24, 2.45) is 0 Å². The van der Waals surface area contributed by atoms with Crippen molar-refractivity contribution in [2.75, 3.05) is 13.2 Å². The van der Waals surface area contributed by atoms with Crippen LogP contribution in [0.3, 0.4) is 0 Å². The Balaban J connectivity index is 1.86. The highest BCUT2D eigenvalue weighted by Gasteiger charge is 2.32. The zero-order chi connectivity index (χ0) is 13.2. The van der Waals surface area contributed by atoms with Crippen molar-refractivity contribution in [1.82, 2.24) is 10.3 Å². The Morgan fingerprint density at radius 1 is 1.67 bits per heavy atom. The summed E-state index contributed by atoms with van der Waals surface area (Å²) < 4.78 is 11.0. The first-order valence-corrected chi connectivity index (χ1v) is 6.05. The summed E-state index contributed by atoms with van der Waals surface area (Å²) in [7, 11) is 0. The molecule has 0 radical (unpaired) electrons. The highest BCUT2D eigenvalue weighted by Crippen LogP contribution is 2.21. The molecule has 0 bridgehead atoms. The molecule has 1 amide bonds. The molecule has 2 rings (SSSR count). The van der Waals surface area contributed by atoms with E-state index in [1.807, 2.05) is 13.8 Å². The molecule has 1 atom stereocenters. The molecule has 1 aromatic heterocycles. The third kappa shape index (κ3) is 3.41. The van der Waals surface area contributed by atoms with Gasteiger partial charge in [0, 0.05) is 17.8 Å². The normalized spacial score (nSPS) is 21.8. The third-order valence-electron chi connectivity index (χ3n) is 2.51. The highest BCUT2D eigenvalue weighted by molar-refractivity contribution is 6.30. The van der Waals surface area contributed by atoms with Crippen LogP contribution in [0.4, 0.5) is 0 Å². The second kappa shape index (κ2) is 5.22. The van der Waals surface area contributed by atoms with Crippen molar-refractivity contribution in [3.63, 3.8) is 0 Å². The van der Waals surface area contributed by atoms with E-state index in [0.29, 0.717) is 23.9 Å². The van der Waals surface area contributed by atoms with E-state index in [1.165, 1.54) is 12.3 Å². The third-order valence-corrected chi connectivity index (χ3v) is 2.75. The van der Waals surface area contributed by atoms with E-state index >= 15 is 0 Å². The number of carbonyl (C=O) groups is 1. The van der Waals surface area contributed by atoms with Crippen LogP contribution in [0.5, 0.6) is 0 Å². The van der Waals surface area contributed by atoms with Gasteiger partial charge in [-0.1, -0.05) is 11.6 Å². The summed E-state index contributed by atoms with van der Waals surface area (Å²) in [5.74, 6) is -0.852. The van der Waals surface area contributed by atoms with Gasteiger partial charge in [0.05, 0.1) is 6.61 Å². The van der Waals surface area contributed by atoms with Gasteiger partial charge in [-0.2, -0.15) is 0 Å². The van der Waals surface area contributed by atoms with Gasteiger partial charge in [0.1, 0.15) is 11.8 Å². The van der Waals surface area contributed by atoms with Crippen molar-refractivity contribution in [1.29, 1.82) is 0 Å². The lowest BCUT2D eigenvalue weighted by molar-refractivity contribution is -0.137. The van der Waals surface area contributed by atoms with Crippen molar-refractivity contribution < 1.29 is 14.3 Å². The molecule has 18 heavy (non-hydrogen) atoms. The molecule has 1 saturated heterocycles. The van der Waals surface area contributed by atoms with Gasteiger partial charge in [-0.25, -0.2) is 0 Å². The quantitative estimate of drug-likeness (QED) is 0.907. The number of hydrogen-bond donors (Lipinski definition) is 1. The minimum Gasteiger partial charge on any atom is -0.348 e. The fourth-order valence-corrected chi connectivity index (χ4v) is 1.85. The molecule has 6 heteroatoms. The number of halogens is 1. The van der Waals surface area contributed by atoms with Gasteiger partial charge in [0.25, 0.3) is 5.91 Å². The molecular formula is C12H15ClN2O3. The van der Waals surface area contributed by atoms with Gasteiger partial charge >= 0.3 is 0 Å². The van der Waals surface area contributed by atoms with Crippen molar-refractivity contribution in [2.45, 2.75) is 25.7 Å². The average Bonchev–Trinajstić information content (AvgIpc) is 2.66. The number of pyridine rings is 1. The van der Waals surface area contributed by atoms with Gasteiger partial charge in [-0.05, 0) is 26.0 Å². The van der Waals surface area contributed by atoms with Crippen molar-refractivity contribution in [3.8, 4) is 0 Å². The lowest BCUT2D eigenvalue weighted by atomic mass is 10.3. The topological polar surface area (TPSA) is 60.5 Å². The van der Waals surface area contributed by atoms with E-state index in [9.17, 15) is 4.79 Å². The van der Waals surface area contributed by atoms with Crippen molar-refractivity contribution in [3.05, 3.63) is 29.0 Å². The number of hydrogen-bond acceptors (Lipinski definition) is 4. The number of amides is 1. The molecule has 1 aliphatic rings. The Hall–Kier alpha value is -1.17. The van der Waals surface area contributed by atoms with Crippen LogP contribution >= 0.6 is 11.6 Å². The zero-order valence-corrected chi connectivity index (χ0v) is 11.0. The molecule has 0 aromatic carbocycles. The van der Waals surface area contributed by atoms with Crippen LogP contribution in [-0.4, -0.2) is 35.9 Å². The fourth-order valence-electron chi connectivity index (χ4n) is 1.69. The maximum atomic E-state index is 11.8. The smallest absolute Gasteiger partial charge is 0.270 e. The first-order chi connectivity index (χ1) is 8.46. The van der Waals surface area contributed by atoms with Gasteiger partial charge < -0.3 is 14.8 Å². The molecular weight excluding hydrogens is 256 g/mol. The Bertz CT molecular complexity index is 451. The first-order valence-electron chi connectivity index (χ1n) is 5.68. The average molecular weight is 271 g/mol. The van der Waals surface area contributed by atoms with Gasteiger partial charge in [-0.3, -0.25) is 9.78 Å². The molecule has 5 nitrogen and oxygen atoms in total. The molecule has 2 heterocycles. The van der Waals surface area contributed by atoms with E-state index in [0.717, 1.165) is 0 Å². The van der Waals surface area contributed by atoms with Gasteiger partial charge in [0.2, 0.25) is 0 Å². The highest BCUT2D eigenvalue weighted by atomic mass is 35.5. The number of carbonyl (C=O) groups excluding carboxylic acids is 1. The minimum atomic E-state index is -0.580. The standard InChI is InChI=1S/C12H15ClN2O3/c1-12(2)17-7-9(18-12)6-15-11(16)10-5-8(13)3-4-14-10/h3-5,9H,6-7H2,1-2H3,(H,15,16). The summed E-state index contributed by atoms with van der Waals surface area (Å²) in [4.78, 5) is 15.7. The van der Waals surface area contributed by atoms with E-state index in [2.05, 4.69) is 10.3 Å².